The molecular formula is C19H18F3N3O2. The van der Waals surface area contributed by atoms with E-state index in [1.807, 2.05) is 6.92 Å². The van der Waals surface area contributed by atoms with Gasteiger partial charge in [-0.2, -0.15) is 18.4 Å². The third kappa shape index (κ3) is 5.06. The zero-order valence-electron chi connectivity index (χ0n) is 14.3. The minimum atomic E-state index is -4.52. The summed E-state index contributed by atoms with van der Waals surface area (Å²) in [5.41, 5.74) is 0.0561. The Labute approximate surface area is 154 Å². The molecule has 2 rings (SSSR count). The fraction of sp³-hybridized carbons (Fsp3) is 0.263. The normalized spacial score (nSPS) is 14.7. The average Bonchev–Trinajstić information content (AvgIpc) is 2.63. The highest BCUT2D eigenvalue weighted by molar-refractivity contribution is 5.98. The van der Waals surface area contributed by atoms with Crippen LogP contribution in [0.25, 0.3) is 0 Å². The van der Waals surface area contributed by atoms with Gasteiger partial charge < -0.3 is 15.5 Å². The van der Waals surface area contributed by atoms with E-state index in [1.54, 1.807) is 30.3 Å². The van der Waals surface area contributed by atoms with Crippen molar-refractivity contribution in [2.45, 2.75) is 25.4 Å². The SMILES string of the molecule is Cc1ccc(NC(O)C(C(=N)C#N)C(O)c2ccc(C(F)(F)F)cc2)cc1. The number of alkyl halides is 3. The molecule has 5 nitrogen and oxygen atoms in total. The Kier molecular flexibility index (Phi) is 6.20. The van der Waals surface area contributed by atoms with E-state index >= 15 is 0 Å². The van der Waals surface area contributed by atoms with Crippen LogP contribution in [0, 0.1) is 29.6 Å². The topological polar surface area (TPSA) is 100 Å². The summed E-state index contributed by atoms with van der Waals surface area (Å²) in [6.07, 6.45) is -7.57. The van der Waals surface area contributed by atoms with Crippen LogP contribution in [0.4, 0.5) is 18.9 Å². The van der Waals surface area contributed by atoms with Gasteiger partial charge in [0.05, 0.1) is 17.6 Å². The molecule has 0 saturated heterocycles. The van der Waals surface area contributed by atoms with Crippen LogP contribution in [0.15, 0.2) is 48.5 Å². The lowest BCUT2D eigenvalue weighted by atomic mass is 9.89. The molecule has 0 amide bonds. The number of nitriles is 1. The van der Waals surface area contributed by atoms with Gasteiger partial charge in [0.2, 0.25) is 0 Å². The molecule has 8 heteroatoms. The van der Waals surface area contributed by atoms with Crippen LogP contribution in [0.5, 0.6) is 0 Å². The quantitative estimate of drug-likeness (QED) is 0.456. The summed E-state index contributed by atoms with van der Waals surface area (Å²) in [5, 5.41) is 40.4. The van der Waals surface area contributed by atoms with E-state index in [0.717, 1.165) is 29.8 Å². The number of benzene rings is 2. The van der Waals surface area contributed by atoms with Crippen molar-refractivity contribution in [3.8, 4) is 6.07 Å². The minimum absolute atomic E-state index is 0.0535. The van der Waals surface area contributed by atoms with Gasteiger partial charge in [0.25, 0.3) is 0 Å². The summed E-state index contributed by atoms with van der Waals surface area (Å²) in [5.74, 6) is -1.37. The van der Waals surface area contributed by atoms with Gasteiger partial charge in [-0.25, -0.2) is 0 Å². The zero-order chi connectivity index (χ0) is 20.2. The third-order valence-corrected chi connectivity index (χ3v) is 4.08. The highest BCUT2D eigenvalue weighted by Crippen LogP contribution is 2.32. The number of aliphatic hydroxyl groups excluding tert-OH is 2. The second-order valence-electron chi connectivity index (χ2n) is 6.07. The molecule has 0 aromatic heterocycles. The molecule has 0 saturated carbocycles. The molecule has 0 radical (unpaired) electrons. The fourth-order valence-corrected chi connectivity index (χ4v) is 2.55. The van der Waals surface area contributed by atoms with E-state index in [2.05, 4.69) is 5.32 Å². The van der Waals surface area contributed by atoms with Crippen molar-refractivity contribution >= 4 is 11.4 Å². The highest BCUT2D eigenvalue weighted by Gasteiger charge is 2.34. The second kappa shape index (κ2) is 8.20. The molecule has 142 valence electrons. The smallest absolute Gasteiger partial charge is 0.388 e. The molecule has 0 heterocycles. The Balaban J connectivity index is 2.25. The van der Waals surface area contributed by atoms with Crippen LogP contribution in [0.2, 0.25) is 0 Å². The van der Waals surface area contributed by atoms with Gasteiger partial charge >= 0.3 is 6.18 Å². The minimum Gasteiger partial charge on any atom is -0.388 e. The predicted octanol–water partition coefficient (Wildman–Crippen LogP) is 3.64. The lowest BCUT2D eigenvalue weighted by molar-refractivity contribution is -0.137. The maximum Gasteiger partial charge on any atom is 0.416 e. The van der Waals surface area contributed by atoms with Crippen molar-refractivity contribution in [1.29, 1.82) is 10.7 Å². The van der Waals surface area contributed by atoms with E-state index < -0.39 is 35.7 Å². The number of aliphatic hydroxyl groups is 2. The summed E-state index contributed by atoms with van der Waals surface area (Å²) < 4.78 is 38.0. The number of hydrogen-bond acceptors (Lipinski definition) is 5. The molecule has 3 unspecified atom stereocenters. The van der Waals surface area contributed by atoms with Gasteiger partial charge in [-0.05, 0) is 36.8 Å². The van der Waals surface area contributed by atoms with Crippen LogP contribution in [0.3, 0.4) is 0 Å². The first-order chi connectivity index (χ1) is 12.6. The van der Waals surface area contributed by atoms with Gasteiger partial charge in [0, 0.05) is 5.69 Å². The van der Waals surface area contributed by atoms with E-state index in [0.29, 0.717) is 5.69 Å². The molecule has 0 aliphatic heterocycles. The lowest BCUT2D eigenvalue weighted by Gasteiger charge is -2.27. The summed E-state index contributed by atoms with van der Waals surface area (Å²) in [6, 6.07) is 12.2. The van der Waals surface area contributed by atoms with Crippen molar-refractivity contribution in [1.82, 2.24) is 0 Å². The molecule has 4 N–H and O–H groups in total. The van der Waals surface area contributed by atoms with Crippen LogP contribution in [-0.2, 0) is 6.18 Å². The molecular weight excluding hydrogens is 359 g/mol. The number of nitrogens with one attached hydrogen (secondary N) is 2. The molecule has 0 bridgehead atoms. The van der Waals surface area contributed by atoms with Gasteiger partial charge in [0.1, 0.15) is 18.0 Å². The van der Waals surface area contributed by atoms with Gasteiger partial charge in [-0.15, -0.1) is 0 Å². The van der Waals surface area contributed by atoms with Crippen LogP contribution < -0.4 is 5.32 Å². The molecule has 3 atom stereocenters. The first kappa shape index (κ1) is 20.4. The monoisotopic (exact) mass is 377 g/mol. The second-order valence-corrected chi connectivity index (χ2v) is 6.07. The Hall–Kier alpha value is -2.89. The Morgan fingerprint density at radius 1 is 1.07 bits per heavy atom. The van der Waals surface area contributed by atoms with E-state index in [9.17, 15) is 23.4 Å². The molecule has 0 aliphatic rings. The molecule has 0 aliphatic carbocycles. The van der Waals surface area contributed by atoms with Crippen molar-refractivity contribution in [3.05, 3.63) is 65.2 Å². The van der Waals surface area contributed by atoms with Crippen molar-refractivity contribution in [2.75, 3.05) is 5.32 Å². The van der Waals surface area contributed by atoms with E-state index in [-0.39, 0.29) is 5.56 Å². The van der Waals surface area contributed by atoms with Gasteiger partial charge in [-0.3, -0.25) is 5.41 Å². The van der Waals surface area contributed by atoms with Crippen molar-refractivity contribution in [3.63, 3.8) is 0 Å². The Morgan fingerprint density at radius 2 is 1.63 bits per heavy atom. The maximum atomic E-state index is 12.7. The number of aryl methyl sites for hydroxylation is 1. The Bertz CT molecular complexity index is 827. The van der Waals surface area contributed by atoms with E-state index in [4.69, 9.17) is 10.7 Å². The maximum absolute atomic E-state index is 12.7. The predicted molar refractivity (Wildman–Crippen MR) is 94.0 cm³/mol. The van der Waals surface area contributed by atoms with Crippen LogP contribution >= 0.6 is 0 Å². The molecule has 0 fully saturated rings. The summed E-state index contributed by atoms with van der Waals surface area (Å²) in [4.78, 5) is 0. The summed E-state index contributed by atoms with van der Waals surface area (Å²) in [6.45, 7) is 1.88. The van der Waals surface area contributed by atoms with Crippen molar-refractivity contribution in [2.24, 2.45) is 5.92 Å². The molecule has 2 aromatic carbocycles. The lowest BCUT2D eigenvalue weighted by Crippen LogP contribution is -2.38. The Morgan fingerprint density at radius 3 is 2.11 bits per heavy atom. The summed E-state index contributed by atoms with van der Waals surface area (Å²) >= 11 is 0. The molecule has 27 heavy (non-hydrogen) atoms. The molecule has 2 aromatic rings. The van der Waals surface area contributed by atoms with Gasteiger partial charge in [0.15, 0.2) is 0 Å². The number of hydrogen-bond donors (Lipinski definition) is 4. The first-order valence-electron chi connectivity index (χ1n) is 7.98. The molecule has 0 spiro atoms. The highest BCUT2D eigenvalue weighted by atomic mass is 19.4. The summed E-state index contributed by atoms with van der Waals surface area (Å²) in [7, 11) is 0. The standard InChI is InChI=1S/C19H18F3N3O2/c1-11-2-8-14(9-3-11)25-18(27)16(15(24)10-23)17(26)12-4-6-13(7-5-12)19(20,21)22/h2-9,16-18,24-27H,1H3. The number of halogens is 3. The average molecular weight is 377 g/mol. The van der Waals surface area contributed by atoms with E-state index in [1.165, 1.54) is 0 Å². The first-order valence-corrected chi connectivity index (χ1v) is 7.98. The number of anilines is 1. The zero-order valence-corrected chi connectivity index (χ0v) is 14.3. The van der Waals surface area contributed by atoms with Gasteiger partial charge in [-0.1, -0.05) is 29.8 Å². The number of rotatable bonds is 6. The van der Waals surface area contributed by atoms with Crippen LogP contribution in [-0.4, -0.2) is 22.2 Å². The number of nitrogens with zero attached hydrogens (tertiary/aromatic N) is 1. The van der Waals surface area contributed by atoms with Crippen LogP contribution in [0.1, 0.15) is 22.8 Å². The third-order valence-electron chi connectivity index (χ3n) is 4.08. The fourth-order valence-electron chi connectivity index (χ4n) is 2.55. The van der Waals surface area contributed by atoms with Crippen molar-refractivity contribution < 1.29 is 23.4 Å². The largest absolute Gasteiger partial charge is 0.416 e.